The highest BCUT2D eigenvalue weighted by molar-refractivity contribution is 6.09. The summed E-state index contributed by atoms with van der Waals surface area (Å²) in [7, 11) is 1.54. The fourth-order valence-electron chi connectivity index (χ4n) is 2.47. The molecule has 0 aliphatic heterocycles. The monoisotopic (exact) mass is 346 g/mol. The van der Waals surface area contributed by atoms with E-state index in [1.165, 1.54) is 0 Å². The SMILES string of the molecule is COc1ccccc1NC(=O)c1cccc(C(=O)Nc2ccccc2)c1. The van der Waals surface area contributed by atoms with Gasteiger partial charge in [0.2, 0.25) is 0 Å². The Hall–Kier alpha value is -3.60. The molecule has 0 fully saturated rings. The molecule has 3 rings (SSSR count). The second-order valence-corrected chi connectivity index (χ2v) is 5.56. The van der Waals surface area contributed by atoms with Crippen molar-refractivity contribution >= 4 is 23.2 Å². The lowest BCUT2D eigenvalue weighted by Gasteiger charge is -2.10. The van der Waals surface area contributed by atoms with Crippen LogP contribution < -0.4 is 15.4 Å². The number of rotatable bonds is 5. The normalized spacial score (nSPS) is 10.0. The molecule has 3 aromatic carbocycles. The van der Waals surface area contributed by atoms with E-state index in [-0.39, 0.29) is 11.8 Å². The summed E-state index contributed by atoms with van der Waals surface area (Å²) in [6.07, 6.45) is 0. The number of hydrogen-bond acceptors (Lipinski definition) is 3. The van der Waals surface area contributed by atoms with Gasteiger partial charge in [0.05, 0.1) is 12.8 Å². The van der Waals surface area contributed by atoms with Crippen LogP contribution in [0.15, 0.2) is 78.9 Å². The van der Waals surface area contributed by atoms with Gasteiger partial charge in [0.1, 0.15) is 5.75 Å². The molecule has 0 saturated heterocycles. The van der Waals surface area contributed by atoms with Crippen LogP contribution in [0.4, 0.5) is 11.4 Å². The van der Waals surface area contributed by atoms with E-state index in [0.29, 0.717) is 28.3 Å². The third-order valence-electron chi connectivity index (χ3n) is 3.77. The van der Waals surface area contributed by atoms with Gasteiger partial charge in [-0.25, -0.2) is 0 Å². The number of carbonyl (C=O) groups excluding carboxylic acids is 2. The third-order valence-corrected chi connectivity index (χ3v) is 3.77. The molecule has 0 heterocycles. The van der Waals surface area contributed by atoms with Gasteiger partial charge in [-0.1, -0.05) is 36.4 Å². The Labute approximate surface area is 151 Å². The summed E-state index contributed by atoms with van der Waals surface area (Å²) >= 11 is 0. The molecule has 26 heavy (non-hydrogen) atoms. The van der Waals surface area contributed by atoms with Crippen molar-refractivity contribution in [2.24, 2.45) is 0 Å². The predicted octanol–water partition coefficient (Wildman–Crippen LogP) is 4.20. The van der Waals surface area contributed by atoms with E-state index in [2.05, 4.69) is 10.6 Å². The number of carbonyl (C=O) groups is 2. The number of nitrogens with one attached hydrogen (secondary N) is 2. The first-order valence-corrected chi connectivity index (χ1v) is 8.08. The molecular formula is C21H18N2O3. The zero-order chi connectivity index (χ0) is 18.4. The Balaban J connectivity index is 1.76. The standard InChI is InChI=1S/C21H18N2O3/c1-26-19-13-6-5-12-18(19)23-21(25)16-9-7-8-15(14-16)20(24)22-17-10-3-2-4-11-17/h2-14H,1H3,(H,22,24)(H,23,25). The second kappa shape index (κ2) is 7.98. The first-order chi connectivity index (χ1) is 12.7. The van der Waals surface area contributed by atoms with E-state index in [1.54, 1.807) is 55.6 Å². The highest BCUT2D eigenvalue weighted by Crippen LogP contribution is 2.23. The Morgan fingerprint density at radius 2 is 1.35 bits per heavy atom. The zero-order valence-electron chi connectivity index (χ0n) is 14.2. The van der Waals surface area contributed by atoms with Gasteiger partial charge in [0.15, 0.2) is 0 Å². The highest BCUT2D eigenvalue weighted by atomic mass is 16.5. The molecule has 0 aromatic heterocycles. The number of benzene rings is 3. The van der Waals surface area contributed by atoms with E-state index >= 15 is 0 Å². The molecule has 5 heteroatoms. The maximum atomic E-state index is 12.5. The van der Waals surface area contributed by atoms with Gasteiger partial charge in [-0.15, -0.1) is 0 Å². The summed E-state index contributed by atoms with van der Waals surface area (Å²) < 4.78 is 5.23. The van der Waals surface area contributed by atoms with Crippen molar-refractivity contribution in [1.29, 1.82) is 0 Å². The minimum absolute atomic E-state index is 0.275. The molecule has 0 spiro atoms. The number of amides is 2. The van der Waals surface area contributed by atoms with Gasteiger partial charge < -0.3 is 15.4 Å². The van der Waals surface area contributed by atoms with E-state index < -0.39 is 0 Å². The van der Waals surface area contributed by atoms with Crippen LogP contribution in [0.25, 0.3) is 0 Å². The molecule has 0 bridgehead atoms. The van der Waals surface area contributed by atoms with Gasteiger partial charge in [0, 0.05) is 16.8 Å². The number of para-hydroxylation sites is 3. The van der Waals surface area contributed by atoms with E-state index in [1.807, 2.05) is 30.3 Å². The largest absolute Gasteiger partial charge is 0.495 e. The molecule has 0 unspecified atom stereocenters. The predicted molar refractivity (Wildman–Crippen MR) is 102 cm³/mol. The number of ether oxygens (including phenoxy) is 1. The fraction of sp³-hybridized carbons (Fsp3) is 0.0476. The van der Waals surface area contributed by atoms with Gasteiger partial charge in [-0.05, 0) is 42.5 Å². The minimum Gasteiger partial charge on any atom is -0.495 e. The third kappa shape index (κ3) is 4.08. The Bertz CT molecular complexity index is 923. The van der Waals surface area contributed by atoms with Crippen LogP contribution in [0.2, 0.25) is 0 Å². The second-order valence-electron chi connectivity index (χ2n) is 5.56. The van der Waals surface area contributed by atoms with E-state index in [0.717, 1.165) is 0 Å². The summed E-state index contributed by atoms with van der Waals surface area (Å²) in [5.41, 5.74) is 2.05. The molecule has 0 saturated carbocycles. The molecular weight excluding hydrogens is 328 g/mol. The van der Waals surface area contributed by atoms with Gasteiger partial charge in [-0.2, -0.15) is 0 Å². The molecule has 0 radical (unpaired) electrons. The lowest BCUT2D eigenvalue weighted by atomic mass is 10.1. The lowest BCUT2D eigenvalue weighted by Crippen LogP contribution is -2.15. The molecule has 130 valence electrons. The maximum absolute atomic E-state index is 12.5. The molecule has 0 aliphatic carbocycles. The first-order valence-electron chi connectivity index (χ1n) is 8.08. The molecule has 2 amide bonds. The van der Waals surface area contributed by atoms with Crippen molar-refractivity contribution in [3.8, 4) is 5.75 Å². The maximum Gasteiger partial charge on any atom is 0.255 e. The average molecular weight is 346 g/mol. The number of methoxy groups -OCH3 is 1. The van der Waals surface area contributed by atoms with Crippen molar-refractivity contribution in [3.05, 3.63) is 90.0 Å². The van der Waals surface area contributed by atoms with Crippen LogP contribution in [0, 0.1) is 0 Å². The van der Waals surface area contributed by atoms with Crippen molar-refractivity contribution in [1.82, 2.24) is 0 Å². The number of hydrogen-bond donors (Lipinski definition) is 2. The Morgan fingerprint density at radius 3 is 2.04 bits per heavy atom. The van der Waals surface area contributed by atoms with E-state index in [4.69, 9.17) is 4.74 Å². The molecule has 0 atom stereocenters. The van der Waals surface area contributed by atoms with Gasteiger partial charge >= 0.3 is 0 Å². The van der Waals surface area contributed by atoms with Crippen LogP contribution in [-0.2, 0) is 0 Å². The Morgan fingerprint density at radius 1 is 0.731 bits per heavy atom. The van der Waals surface area contributed by atoms with Gasteiger partial charge in [0.25, 0.3) is 11.8 Å². The minimum atomic E-state index is -0.316. The van der Waals surface area contributed by atoms with Crippen LogP contribution in [0.3, 0.4) is 0 Å². The summed E-state index contributed by atoms with van der Waals surface area (Å²) in [5.74, 6) is -0.0224. The molecule has 2 N–H and O–H groups in total. The van der Waals surface area contributed by atoms with Crippen molar-refractivity contribution in [2.45, 2.75) is 0 Å². The number of anilines is 2. The van der Waals surface area contributed by atoms with Gasteiger partial charge in [-0.3, -0.25) is 9.59 Å². The topological polar surface area (TPSA) is 67.4 Å². The Kier molecular flexibility index (Phi) is 5.29. The van der Waals surface area contributed by atoms with Crippen molar-refractivity contribution < 1.29 is 14.3 Å². The molecule has 0 aliphatic rings. The molecule has 3 aromatic rings. The van der Waals surface area contributed by atoms with Crippen LogP contribution >= 0.6 is 0 Å². The van der Waals surface area contributed by atoms with Crippen LogP contribution in [0.1, 0.15) is 20.7 Å². The fourth-order valence-corrected chi connectivity index (χ4v) is 2.47. The van der Waals surface area contributed by atoms with Crippen LogP contribution in [-0.4, -0.2) is 18.9 Å². The first kappa shape index (κ1) is 17.2. The summed E-state index contributed by atoms with van der Waals surface area (Å²) in [4.78, 5) is 24.9. The smallest absolute Gasteiger partial charge is 0.255 e. The van der Waals surface area contributed by atoms with Crippen LogP contribution in [0.5, 0.6) is 5.75 Å². The van der Waals surface area contributed by atoms with Crippen molar-refractivity contribution in [3.63, 3.8) is 0 Å². The highest BCUT2D eigenvalue weighted by Gasteiger charge is 2.12. The lowest BCUT2D eigenvalue weighted by molar-refractivity contribution is 0.102. The van der Waals surface area contributed by atoms with Crippen molar-refractivity contribution in [2.75, 3.05) is 17.7 Å². The quantitative estimate of drug-likeness (QED) is 0.727. The summed E-state index contributed by atoms with van der Waals surface area (Å²) in [6.45, 7) is 0. The summed E-state index contributed by atoms with van der Waals surface area (Å²) in [5, 5.41) is 5.60. The summed E-state index contributed by atoms with van der Waals surface area (Å²) in [6, 6.07) is 22.9. The zero-order valence-corrected chi connectivity index (χ0v) is 14.2. The average Bonchev–Trinajstić information content (AvgIpc) is 2.69. The van der Waals surface area contributed by atoms with E-state index in [9.17, 15) is 9.59 Å². The molecule has 5 nitrogen and oxygen atoms in total.